The number of amides is 1. The smallest absolute Gasteiger partial charge is 0.340 e. The molecule has 1 amide bonds. The molecular weight excluding hydrogens is 346 g/mol. The highest BCUT2D eigenvalue weighted by Gasteiger charge is 2.35. The van der Waals surface area contributed by atoms with E-state index in [4.69, 9.17) is 20.2 Å². The van der Waals surface area contributed by atoms with Gasteiger partial charge in [0.05, 0.1) is 31.2 Å². The van der Waals surface area contributed by atoms with E-state index >= 15 is 0 Å². The van der Waals surface area contributed by atoms with Gasteiger partial charge < -0.3 is 14.4 Å². The molecule has 0 bridgehead atoms. The molecule has 1 heterocycles. The van der Waals surface area contributed by atoms with Gasteiger partial charge in [0.2, 0.25) is 15.0 Å². The number of anilines is 1. The third kappa shape index (κ3) is 4.14. The second kappa shape index (κ2) is 6.76. The van der Waals surface area contributed by atoms with Crippen molar-refractivity contribution < 1.29 is 27.5 Å². The molecule has 1 aliphatic rings. The van der Waals surface area contributed by atoms with Gasteiger partial charge >= 0.3 is 5.97 Å². The number of ether oxygens (including phenoxy) is 2. The number of halogens is 1. The van der Waals surface area contributed by atoms with Crippen molar-refractivity contribution in [1.82, 2.24) is 0 Å². The molecule has 0 radical (unpaired) electrons. The van der Waals surface area contributed by atoms with Crippen LogP contribution in [0.2, 0.25) is 0 Å². The quantitative estimate of drug-likeness (QED) is 0.581. The van der Waals surface area contributed by atoms with Crippen LogP contribution in [0.25, 0.3) is 0 Å². The molecule has 1 atom stereocenters. The Balaban J connectivity index is 2.34. The number of carbonyl (C=O) groups excluding carboxylic acids is 2. The van der Waals surface area contributed by atoms with Gasteiger partial charge in [0.15, 0.2) is 0 Å². The lowest BCUT2D eigenvalue weighted by Gasteiger charge is -2.20. The molecule has 23 heavy (non-hydrogen) atoms. The van der Waals surface area contributed by atoms with Crippen molar-refractivity contribution in [3.05, 3.63) is 23.8 Å². The van der Waals surface area contributed by atoms with E-state index in [1.807, 2.05) is 0 Å². The summed E-state index contributed by atoms with van der Waals surface area (Å²) in [4.78, 5) is 25.5. The molecule has 1 saturated heterocycles. The maximum atomic E-state index is 12.2. The van der Waals surface area contributed by atoms with E-state index in [-0.39, 0.29) is 30.2 Å². The fraction of sp³-hybridized carbons (Fsp3) is 0.429. The molecule has 1 fully saturated rings. The number of benzene rings is 1. The number of hydrogen-bond acceptors (Lipinski definition) is 6. The molecule has 9 heteroatoms. The Kier molecular flexibility index (Phi) is 5.16. The van der Waals surface area contributed by atoms with Crippen LogP contribution in [0.4, 0.5) is 5.69 Å². The summed E-state index contributed by atoms with van der Waals surface area (Å²) in [5.74, 6) is -1.15. The maximum absolute atomic E-state index is 12.2. The summed E-state index contributed by atoms with van der Waals surface area (Å²) in [7, 11) is 4.25. The first-order valence-electron chi connectivity index (χ1n) is 6.74. The summed E-state index contributed by atoms with van der Waals surface area (Å²) < 4.78 is 32.2. The number of rotatable bonds is 5. The molecule has 0 spiro atoms. The fourth-order valence-corrected chi connectivity index (χ4v) is 3.88. The standard InChI is InChI=1S/C14H16ClNO6S/c1-21-10-3-4-12(11(6-10)14(18)22-2)16-7-9(5-13(16)17)8-23(15,19)20/h3-4,6,9H,5,7-8H2,1-2H3. The van der Waals surface area contributed by atoms with Crippen LogP contribution in [0.15, 0.2) is 18.2 Å². The number of esters is 1. The highest BCUT2D eigenvalue weighted by atomic mass is 35.7. The SMILES string of the molecule is COC(=O)c1cc(OC)ccc1N1CC(CS(=O)(=O)Cl)CC1=O. The Morgan fingerprint density at radius 3 is 2.65 bits per heavy atom. The Hall–Kier alpha value is -1.80. The molecule has 0 aliphatic carbocycles. The van der Waals surface area contributed by atoms with Crippen molar-refractivity contribution in [2.45, 2.75) is 6.42 Å². The number of methoxy groups -OCH3 is 2. The molecular formula is C14H16ClNO6S. The van der Waals surface area contributed by atoms with E-state index in [1.54, 1.807) is 12.1 Å². The minimum atomic E-state index is -3.70. The van der Waals surface area contributed by atoms with Crippen LogP contribution in [0.3, 0.4) is 0 Å². The van der Waals surface area contributed by atoms with E-state index < -0.39 is 20.9 Å². The second-order valence-corrected chi connectivity index (χ2v) is 7.98. The molecule has 1 unspecified atom stereocenters. The predicted molar refractivity (Wildman–Crippen MR) is 84.4 cm³/mol. The topological polar surface area (TPSA) is 90.0 Å². The van der Waals surface area contributed by atoms with Gasteiger partial charge in [-0.25, -0.2) is 13.2 Å². The van der Waals surface area contributed by atoms with Crippen LogP contribution in [0.1, 0.15) is 16.8 Å². The second-order valence-electron chi connectivity index (χ2n) is 5.15. The van der Waals surface area contributed by atoms with Gasteiger partial charge in [-0.05, 0) is 18.2 Å². The van der Waals surface area contributed by atoms with Crippen molar-refractivity contribution in [3.8, 4) is 5.75 Å². The summed E-state index contributed by atoms with van der Waals surface area (Å²) in [5.41, 5.74) is 0.534. The summed E-state index contributed by atoms with van der Waals surface area (Å²) >= 11 is 0. The summed E-state index contributed by atoms with van der Waals surface area (Å²) in [5, 5.41) is 0. The van der Waals surface area contributed by atoms with Crippen LogP contribution in [0, 0.1) is 5.92 Å². The molecule has 7 nitrogen and oxygen atoms in total. The summed E-state index contributed by atoms with van der Waals surface area (Å²) in [6.07, 6.45) is 0.0542. The fourth-order valence-electron chi connectivity index (χ4n) is 2.56. The highest BCUT2D eigenvalue weighted by Crippen LogP contribution is 2.32. The number of nitrogens with zero attached hydrogens (tertiary/aromatic N) is 1. The minimum absolute atomic E-state index is 0.0542. The molecule has 0 aromatic heterocycles. The highest BCUT2D eigenvalue weighted by molar-refractivity contribution is 8.13. The minimum Gasteiger partial charge on any atom is -0.497 e. The maximum Gasteiger partial charge on any atom is 0.340 e. The van der Waals surface area contributed by atoms with Gasteiger partial charge in [0, 0.05) is 29.6 Å². The van der Waals surface area contributed by atoms with Crippen LogP contribution in [-0.4, -0.2) is 46.8 Å². The van der Waals surface area contributed by atoms with Crippen molar-refractivity contribution >= 4 is 37.3 Å². The lowest BCUT2D eigenvalue weighted by atomic mass is 10.1. The summed E-state index contributed by atoms with van der Waals surface area (Å²) in [6, 6.07) is 4.65. The average Bonchev–Trinajstić information content (AvgIpc) is 2.83. The van der Waals surface area contributed by atoms with E-state index in [0.717, 1.165) is 0 Å². The number of hydrogen-bond donors (Lipinski definition) is 0. The summed E-state index contributed by atoms with van der Waals surface area (Å²) in [6.45, 7) is 0.168. The Bertz CT molecular complexity index is 733. The van der Waals surface area contributed by atoms with Gasteiger partial charge in [0.25, 0.3) is 0 Å². The van der Waals surface area contributed by atoms with Crippen LogP contribution >= 0.6 is 10.7 Å². The number of carbonyl (C=O) groups is 2. The zero-order valence-electron chi connectivity index (χ0n) is 12.6. The van der Waals surface area contributed by atoms with Gasteiger partial charge in [-0.15, -0.1) is 0 Å². The van der Waals surface area contributed by atoms with E-state index in [9.17, 15) is 18.0 Å². The van der Waals surface area contributed by atoms with Crippen molar-refractivity contribution in [2.24, 2.45) is 5.92 Å². The predicted octanol–water partition coefficient (Wildman–Crippen LogP) is 1.40. The molecule has 1 aromatic carbocycles. The lowest BCUT2D eigenvalue weighted by Crippen LogP contribution is -2.27. The Morgan fingerprint density at radius 1 is 1.39 bits per heavy atom. The molecule has 0 saturated carbocycles. The third-order valence-corrected chi connectivity index (χ3v) is 4.79. The lowest BCUT2D eigenvalue weighted by molar-refractivity contribution is -0.117. The van der Waals surface area contributed by atoms with Gasteiger partial charge in [-0.2, -0.15) is 0 Å². The van der Waals surface area contributed by atoms with Crippen LogP contribution in [0.5, 0.6) is 5.75 Å². The first-order valence-corrected chi connectivity index (χ1v) is 9.22. The monoisotopic (exact) mass is 361 g/mol. The average molecular weight is 362 g/mol. The molecule has 1 aromatic rings. The van der Waals surface area contributed by atoms with Gasteiger partial charge in [-0.1, -0.05) is 0 Å². The van der Waals surface area contributed by atoms with Crippen molar-refractivity contribution in [2.75, 3.05) is 31.4 Å². The zero-order chi connectivity index (χ0) is 17.2. The van der Waals surface area contributed by atoms with Gasteiger partial charge in [-0.3, -0.25) is 4.79 Å². The van der Waals surface area contributed by atoms with Crippen LogP contribution in [-0.2, 0) is 18.6 Å². The van der Waals surface area contributed by atoms with Gasteiger partial charge in [0.1, 0.15) is 5.75 Å². The largest absolute Gasteiger partial charge is 0.497 e. The normalized spacial score (nSPS) is 18.1. The molecule has 0 N–H and O–H groups in total. The van der Waals surface area contributed by atoms with Crippen molar-refractivity contribution in [3.63, 3.8) is 0 Å². The van der Waals surface area contributed by atoms with E-state index in [0.29, 0.717) is 11.4 Å². The zero-order valence-corrected chi connectivity index (χ0v) is 14.2. The van der Waals surface area contributed by atoms with Crippen molar-refractivity contribution in [1.29, 1.82) is 0 Å². The van der Waals surface area contributed by atoms with E-state index in [2.05, 4.69) is 0 Å². The third-order valence-electron chi connectivity index (χ3n) is 3.54. The first kappa shape index (κ1) is 17.6. The van der Waals surface area contributed by atoms with Crippen LogP contribution < -0.4 is 9.64 Å². The first-order chi connectivity index (χ1) is 10.7. The molecule has 126 valence electrons. The van der Waals surface area contributed by atoms with E-state index in [1.165, 1.54) is 25.2 Å². The Labute approximate surface area is 138 Å². The Morgan fingerprint density at radius 2 is 2.09 bits per heavy atom. The molecule has 2 rings (SSSR count). The molecule has 1 aliphatic heterocycles.